The van der Waals surface area contributed by atoms with E-state index in [1.807, 2.05) is 12.1 Å². The van der Waals surface area contributed by atoms with Crippen LogP contribution in [0.15, 0.2) is 30.9 Å². The predicted molar refractivity (Wildman–Crippen MR) is 97.4 cm³/mol. The van der Waals surface area contributed by atoms with Crippen molar-refractivity contribution in [1.82, 2.24) is 0 Å². The number of rotatable bonds is 2. The van der Waals surface area contributed by atoms with Gasteiger partial charge in [-0.05, 0) is 79.0 Å². The molecule has 0 spiro atoms. The Morgan fingerprint density at radius 1 is 1.36 bits per heavy atom. The molecule has 3 aliphatic rings. The minimum Gasteiger partial charge on any atom is -0.508 e. The number of allylic oxidation sites excluding steroid dienone is 1. The fourth-order valence-electron chi connectivity index (χ4n) is 6.33. The topological polar surface area (TPSA) is 46.5 Å². The van der Waals surface area contributed by atoms with Crippen molar-refractivity contribution in [3.8, 4) is 5.75 Å². The average molecular weight is 340 g/mol. The monoisotopic (exact) mass is 340 g/mol. The summed E-state index contributed by atoms with van der Waals surface area (Å²) in [5, 5.41) is 9.88. The molecule has 134 valence electrons. The third-order valence-electron chi connectivity index (χ3n) is 7.37. The summed E-state index contributed by atoms with van der Waals surface area (Å²) in [4.78, 5) is 11.4. The van der Waals surface area contributed by atoms with Crippen LogP contribution < -0.4 is 0 Å². The summed E-state index contributed by atoms with van der Waals surface area (Å²) in [6, 6.07) is 5.86. The van der Waals surface area contributed by atoms with E-state index in [-0.39, 0.29) is 22.9 Å². The van der Waals surface area contributed by atoms with Crippen LogP contribution in [0, 0.1) is 17.3 Å². The maximum atomic E-state index is 11.4. The molecule has 1 N–H and O–H groups in total. The fourth-order valence-corrected chi connectivity index (χ4v) is 6.33. The van der Waals surface area contributed by atoms with Gasteiger partial charge >= 0.3 is 5.97 Å². The molecule has 0 unspecified atom stereocenters. The Bertz CT molecular complexity index is 724. The zero-order chi connectivity index (χ0) is 17.8. The van der Waals surface area contributed by atoms with Crippen LogP contribution >= 0.6 is 0 Å². The van der Waals surface area contributed by atoms with Gasteiger partial charge in [-0.15, -0.1) is 6.58 Å². The molecule has 1 aromatic carbocycles. The quantitative estimate of drug-likeness (QED) is 0.636. The molecule has 3 aliphatic carbocycles. The van der Waals surface area contributed by atoms with Gasteiger partial charge in [-0.3, -0.25) is 4.79 Å². The minimum atomic E-state index is -0.160. The molecular formula is C22H28O3. The fraction of sp³-hybridized carbons (Fsp3) is 0.591. The number of hydrogen-bond donors (Lipinski definition) is 1. The first-order valence-corrected chi connectivity index (χ1v) is 9.51. The van der Waals surface area contributed by atoms with Crippen LogP contribution in [0.4, 0.5) is 0 Å². The van der Waals surface area contributed by atoms with Crippen molar-refractivity contribution in [3.05, 3.63) is 42.0 Å². The van der Waals surface area contributed by atoms with Crippen molar-refractivity contribution in [2.75, 3.05) is 0 Å². The van der Waals surface area contributed by atoms with E-state index in [1.54, 1.807) is 0 Å². The normalized spacial score (nSPS) is 39.0. The first kappa shape index (κ1) is 16.7. The molecule has 25 heavy (non-hydrogen) atoms. The lowest BCUT2D eigenvalue weighted by molar-refractivity contribution is -0.146. The molecular weight excluding hydrogens is 312 g/mol. The first-order valence-electron chi connectivity index (χ1n) is 9.51. The SMILES string of the molecule is C=C[C@]12CC[C@]3(C)C[C@H](OC(C)=O)C[C@H]3[C@@H]1CCc1cc(O)ccc12. The zero-order valence-corrected chi connectivity index (χ0v) is 15.3. The van der Waals surface area contributed by atoms with E-state index < -0.39 is 0 Å². The van der Waals surface area contributed by atoms with Crippen molar-refractivity contribution in [2.24, 2.45) is 17.3 Å². The lowest BCUT2D eigenvalue weighted by atomic mass is 9.49. The van der Waals surface area contributed by atoms with Gasteiger partial charge in [-0.2, -0.15) is 0 Å². The summed E-state index contributed by atoms with van der Waals surface area (Å²) in [6.45, 7) is 8.14. The molecule has 2 saturated carbocycles. The van der Waals surface area contributed by atoms with Crippen molar-refractivity contribution >= 4 is 5.97 Å². The Kier molecular flexibility index (Phi) is 3.75. The third-order valence-corrected chi connectivity index (χ3v) is 7.37. The second-order valence-corrected chi connectivity index (χ2v) is 8.66. The van der Waals surface area contributed by atoms with Gasteiger partial charge < -0.3 is 9.84 Å². The van der Waals surface area contributed by atoms with Gasteiger partial charge in [0.2, 0.25) is 0 Å². The van der Waals surface area contributed by atoms with Gasteiger partial charge in [0, 0.05) is 12.3 Å². The van der Waals surface area contributed by atoms with E-state index in [4.69, 9.17) is 4.74 Å². The predicted octanol–water partition coefficient (Wildman–Crippen LogP) is 4.52. The summed E-state index contributed by atoms with van der Waals surface area (Å²) in [6.07, 6.45) is 8.56. The van der Waals surface area contributed by atoms with E-state index >= 15 is 0 Å². The van der Waals surface area contributed by atoms with E-state index in [2.05, 4.69) is 25.6 Å². The number of ether oxygens (including phenoxy) is 1. The molecule has 1 aromatic rings. The van der Waals surface area contributed by atoms with Gasteiger partial charge in [-0.1, -0.05) is 19.1 Å². The second kappa shape index (κ2) is 5.62. The highest BCUT2D eigenvalue weighted by Crippen LogP contribution is 2.64. The molecule has 3 nitrogen and oxygen atoms in total. The molecule has 0 saturated heterocycles. The number of esters is 1. The van der Waals surface area contributed by atoms with Crippen molar-refractivity contribution in [1.29, 1.82) is 0 Å². The minimum absolute atomic E-state index is 0.00340. The molecule has 4 rings (SSSR count). The Hall–Kier alpha value is -1.77. The number of carbonyl (C=O) groups is 1. The van der Waals surface area contributed by atoms with Crippen molar-refractivity contribution in [2.45, 2.75) is 63.9 Å². The van der Waals surface area contributed by atoms with Crippen LogP contribution in [0.25, 0.3) is 0 Å². The number of aromatic hydroxyl groups is 1. The largest absolute Gasteiger partial charge is 0.508 e. The number of hydrogen-bond acceptors (Lipinski definition) is 3. The Morgan fingerprint density at radius 3 is 2.88 bits per heavy atom. The molecule has 3 heteroatoms. The summed E-state index contributed by atoms with van der Waals surface area (Å²) in [5.41, 5.74) is 2.88. The Morgan fingerprint density at radius 2 is 2.16 bits per heavy atom. The average Bonchev–Trinajstić information content (AvgIpc) is 2.89. The molecule has 0 aliphatic heterocycles. The lowest BCUT2D eigenvalue weighted by Crippen LogP contribution is -2.49. The molecule has 0 aromatic heterocycles. The van der Waals surface area contributed by atoms with E-state index in [9.17, 15) is 9.90 Å². The van der Waals surface area contributed by atoms with Gasteiger partial charge in [-0.25, -0.2) is 0 Å². The summed E-state index contributed by atoms with van der Waals surface area (Å²) >= 11 is 0. The first-order chi connectivity index (χ1) is 11.9. The van der Waals surface area contributed by atoms with Crippen molar-refractivity contribution < 1.29 is 14.6 Å². The number of benzene rings is 1. The lowest BCUT2D eigenvalue weighted by Gasteiger charge is -2.55. The van der Waals surface area contributed by atoms with E-state index in [1.165, 1.54) is 18.1 Å². The van der Waals surface area contributed by atoms with Gasteiger partial charge in [0.05, 0.1) is 0 Å². The number of carbonyl (C=O) groups excluding carboxylic acids is 1. The molecule has 0 radical (unpaired) electrons. The maximum absolute atomic E-state index is 11.4. The summed E-state index contributed by atoms with van der Waals surface area (Å²) in [5.74, 6) is 1.30. The third kappa shape index (κ3) is 2.43. The van der Waals surface area contributed by atoms with Crippen LogP contribution in [0.3, 0.4) is 0 Å². The molecule has 0 bridgehead atoms. The second-order valence-electron chi connectivity index (χ2n) is 8.66. The highest BCUT2D eigenvalue weighted by molar-refractivity contribution is 5.66. The molecule has 2 fully saturated rings. The maximum Gasteiger partial charge on any atom is 0.302 e. The Labute approximate surface area is 150 Å². The van der Waals surface area contributed by atoms with Crippen LogP contribution in [-0.2, 0) is 21.4 Å². The summed E-state index contributed by atoms with van der Waals surface area (Å²) < 4.78 is 5.60. The molecule has 0 heterocycles. The van der Waals surface area contributed by atoms with Gasteiger partial charge in [0.1, 0.15) is 11.9 Å². The standard InChI is InChI=1S/C22H28O3/c1-4-22-10-9-21(3)13-17(25-14(2)23)12-20(21)19(22)7-5-15-11-16(24)6-8-18(15)22/h4,6,8,11,17,19-20,24H,1,5,7,9-10,12-13H2,2-3H3/t17-,19+,20+,21-,22-/m1/s1. The van der Waals surface area contributed by atoms with E-state index in [0.29, 0.717) is 17.6 Å². The van der Waals surface area contributed by atoms with Crippen molar-refractivity contribution in [3.63, 3.8) is 0 Å². The van der Waals surface area contributed by atoms with Gasteiger partial charge in [0.25, 0.3) is 0 Å². The smallest absolute Gasteiger partial charge is 0.302 e. The Balaban J connectivity index is 1.72. The van der Waals surface area contributed by atoms with Crippen LogP contribution in [-0.4, -0.2) is 17.2 Å². The van der Waals surface area contributed by atoms with Crippen LogP contribution in [0.1, 0.15) is 57.1 Å². The highest BCUT2D eigenvalue weighted by atomic mass is 16.5. The van der Waals surface area contributed by atoms with E-state index in [0.717, 1.165) is 38.5 Å². The van der Waals surface area contributed by atoms with Crippen LogP contribution in [0.2, 0.25) is 0 Å². The summed E-state index contributed by atoms with van der Waals surface area (Å²) in [7, 11) is 0. The van der Waals surface area contributed by atoms with Gasteiger partial charge in [0.15, 0.2) is 0 Å². The molecule has 5 atom stereocenters. The van der Waals surface area contributed by atoms with Crippen LogP contribution in [0.5, 0.6) is 5.75 Å². The number of phenols is 1. The highest BCUT2D eigenvalue weighted by Gasteiger charge is 2.58. The number of aryl methyl sites for hydroxylation is 1. The molecule has 0 amide bonds. The number of fused-ring (bicyclic) bond motifs is 5. The number of phenolic OH excluding ortho intramolecular Hbond substituents is 1. The zero-order valence-electron chi connectivity index (χ0n) is 15.3.